The smallest absolute Gasteiger partial charge is 0.238 e. The number of ether oxygens (including phenoxy) is 1. The fraction of sp³-hybridized carbons (Fsp3) is 0.200. The van der Waals surface area contributed by atoms with Crippen LogP contribution in [0.1, 0.15) is 56.8 Å². The number of aromatic nitrogens is 1. The van der Waals surface area contributed by atoms with Gasteiger partial charge in [-0.25, -0.2) is 0 Å². The monoisotopic (exact) mass is 555 g/mol. The third-order valence-electron chi connectivity index (χ3n) is 8.68. The van der Waals surface area contributed by atoms with Gasteiger partial charge < -0.3 is 15.0 Å². The van der Waals surface area contributed by atoms with Crippen LogP contribution in [-0.4, -0.2) is 40.0 Å². The first-order chi connectivity index (χ1) is 20.6. The molecule has 3 aliphatic rings. The van der Waals surface area contributed by atoms with Gasteiger partial charge in [0, 0.05) is 29.8 Å². The quantitative estimate of drug-likeness (QED) is 0.288. The van der Waals surface area contributed by atoms with Crippen molar-refractivity contribution in [2.75, 3.05) is 11.9 Å². The molecular weight excluding hydrogens is 526 g/mol. The minimum Gasteiger partial charge on any atom is -0.493 e. The molecule has 1 aromatic heterocycles. The number of pyridine rings is 1. The van der Waals surface area contributed by atoms with Crippen molar-refractivity contribution in [1.29, 1.82) is 0 Å². The zero-order valence-corrected chi connectivity index (χ0v) is 23.1. The number of Topliss-reactive ketones (excluding diaryl/α,β-unsaturated/α-hetero) is 2. The minimum absolute atomic E-state index is 0.271. The van der Waals surface area contributed by atoms with Gasteiger partial charge in [0.25, 0.3) is 0 Å². The van der Waals surface area contributed by atoms with Crippen LogP contribution in [-0.2, 0) is 10.2 Å². The van der Waals surface area contributed by atoms with Crippen molar-refractivity contribution in [2.24, 2.45) is 5.92 Å². The number of hydrogen-bond acceptors (Lipinski definition) is 6. The Hall–Kier alpha value is -5.04. The van der Waals surface area contributed by atoms with Gasteiger partial charge in [0.15, 0.2) is 11.6 Å². The average Bonchev–Trinajstić information content (AvgIpc) is 3.52. The standard InChI is InChI=1S/C35H29N3O4/c1-2-20-42-28-16-8-5-13-25(28)32(40)30-29(31(39)23-11-9-18-36-21-23)35(26-14-6-7-15-27(26)37-34(35)41)33-24-12-4-3-10-22(24)17-19-38(30)33/h3-19,21,29-30,33H,2,20H2,1H3,(H,37,41)/t29-,30-,33-,35+/m1/s1. The summed E-state index contributed by atoms with van der Waals surface area (Å²) >= 11 is 0. The molecule has 7 rings (SSSR count). The maximum Gasteiger partial charge on any atom is 0.238 e. The van der Waals surface area contributed by atoms with Gasteiger partial charge in [0.2, 0.25) is 5.91 Å². The Bertz CT molecular complexity index is 1750. The molecule has 208 valence electrons. The largest absolute Gasteiger partial charge is 0.493 e. The van der Waals surface area contributed by atoms with Crippen molar-refractivity contribution in [3.8, 4) is 5.75 Å². The van der Waals surface area contributed by atoms with Crippen molar-refractivity contribution in [3.63, 3.8) is 0 Å². The predicted octanol–water partition coefficient (Wildman–Crippen LogP) is 5.85. The zero-order chi connectivity index (χ0) is 28.8. The lowest BCUT2D eigenvalue weighted by Gasteiger charge is -2.38. The molecule has 3 aromatic carbocycles. The molecule has 0 bridgehead atoms. The molecule has 4 atom stereocenters. The first-order valence-corrected chi connectivity index (χ1v) is 14.2. The molecule has 1 fully saturated rings. The Balaban J connectivity index is 1.52. The fourth-order valence-corrected chi connectivity index (χ4v) is 7.02. The van der Waals surface area contributed by atoms with Crippen molar-refractivity contribution in [1.82, 2.24) is 9.88 Å². The number of anilines is 1. The van der Waals surface area contributed by atoms with Gasteiger partial charge in [0.1, 0.15) is 17.2 Å². The second-order valence-corrected chi connectivity index (χ2v) is 10.9. The fourth-order valence-electron chi connectivity index (χ4n) is 7.02. The molecule has 42 heavy (non-hydrogen) atoms. The number of fused-ring (bicyclic) bond motifs is 6. The van der Waals surface area contributed by atoms with E-state index in [-0.39, 0.29) is 17.5 Å². The number of nitrogens with zero attached hydrogens (tertiary/aromatic N) is 2. The molecule has 7 heteroatoms. The topological polar surface area (TPSA) is 88.6 Å². The Morgan fingerprint density at radius 3 is 2.57 bits per heavy atom. The first kappa shape index (κ1) is 25.9. The second kappa shape index (κ2) is 10.1. The molecule has 0 saturated carbocycles. The van der Waals surface area contributed by atoms with E-state index in [4.69, 9.17) is 4.74 Å². The lowest BCUT2D eigenvalue weighted by Crippen LogP contribution is -2.49. The second-order valence-electron chi connectivity index (χ2n) is 10.9. The van der Waals surface area contributed by atoms with Crippen molar-refractivity contribution in [2.45, 2.75) is 30.8 Å². The summed E-state index contributed by atoms with van der Waals surface area (Å²) in [5.74, 6) is -1.46. The Labute approximate surface area is 243 Å². The molecule has 1 amide bonds. The lowest BCUT2D eigenvalue weighted by atomic mass is 9.62. The van der Waals surface area contributed by atoms with Crippen LogP contribution < -0.4 is 10.1 Å². The summed E-state index contributed by atoms with van der Waals surface area (Å²) in [6.45, 7) is 2.46. The van der Waals surface area contributed by atoms with Crippen LogP contribution in [0.2, 0.25) is 0 Å². The molecular formula is C35H29N3O4. The molecule has 0 radical (unpaired) electrons. The Morgan fingerprint density at radius 2 is 1.74 bits per heavy atom. The summed E-state index contributed by atoms with van der Waals surface area (Å²) in [4.78, 5) is 50.3. The number of nitrogens with one attached hydrogen (secondary N) is 1. The average molecular weight is 556 g/mol. The molecule has 0 aliphatic carbocycles. The molecule has 3 aliphatic heterocycles. The molecule has 4 heterocycles. The van der Waals surface area contributed by atoms with E-state index < -0.39 is 23.4 Å². The van der Waals surface area contributed by atoms with Crippen molar-refractivity contribution < 1.29 is 19.1 Å². The van der Waals surface area contributed by atoms with E-state index in [1.54, 1.807) is 36.5 Å². The van der Waals surface area contributed by atoms with Crippen molar-refractivity contribution >= 4 is 29.2 Å². The number of hydrogen-bond donors (Lipinski definition) is 1. The molecule has 1 spiro atoms. The molecule has 1 N–H and O–H groups in total. The van der Waals surface area contributed by atoms with E-state index in [0.29, 0.717) is 34.7 Å². The third-order valence-corrected chi connectivity index (χ3v) is 8.68. The van der Waals surface area contributed by atoms with Gasteiger partial charge in [-0.2, -0.15) is 0 Å². The number of para-hydroxylation sites is 2. The predicted molar refractivity (Wildman–Crippen MR) is 159 cm³/mol. The van der Waals surface area contributed by atoms with E-state index in [0.717, 1.165) is 17.5 Å². The highest BCUT2D eigenvalue weighted by molar-refractivity contribution is 6.17. The summed E-state index contributed by atoms with van der Waals surface area (Å²) in [5.41, 5.74) is 2.55. The number of benzene rings is 3. The van der Waals surface area contributed by atoms with Crippen LogP contribution in [0.15, 0.2) is 104 Å². The maximum atomic E-state index is 14.8. The van der Waals surface area contributed by atoms with Gasteiger partial charge >= 0.3 is 0 Å². The number of carbonyl (C=O) groups excluding carboxylic acids is 3. The van der Waals surface area contributed by atoms with Gasteiger partial charge in [-0.05, 0) is 59.5 Å². The number of ketones is 2. The number of rotatable bonds is 7. The highest BCUT2D eigenvalue weighted by atomic mass is 16.5. The van der Waals surface area contributed by atoms with Crippen LogP contribution in [0, 0.1) is 5.92 Å². The third kappa shape index (κ3) is 3.66. The summed E-state index contributed by atoms with van der Waals surface area (Å²) in [5, 5.41) is 3.08. The molecule has 7 nitrogen and oxygen atoms in total. The van der Waals surface area contributed by atoms with Crippen molar-refractivity contribution in [3.05, 3.63) is 131 Å². The summed E-state index contributed by atoms with van der Waals surface area (Å²) in [6.07, 6.45) is 7.72. The van der Waals surface area contributed by atoms with E-state index in [1.165, 1.54) is 6.20 Å². The maximum absolute atomic E-state index is 14.8. The lowest BCUT2D eigenvalue weighted by molar-refractivity contribution is -0.122. The zero-order valence-electron chi connectivity index (χ0n) is 23.1. The highest BCUT2D eigenvalue weighted by Crippen LogP contribution is 2.62. The Morgan fingerprint density at radius 1 is 0.952 bits per heavy atom. The summed E-state index contributed by atoms with van der Waals surface area (Å²) in [7, 11) is 0. The number of carbonyl (C=O) groups is 3. The highest BCUT2D eigenvalue weighted by Gasteiger charge is 2.70. The summed E-state index contributed by atoms with van der Waals surface area (Å²) < 4.78 is 6.00. The van der Waals surface area contributed by atoms with Gasteiger partial charge in [0.05, 0.1) is 24.1 Å². The van der Waals surface area contributed by atoms with E-state index in [2.05, 4.69) is 10.3 Å². The first-order valence-electron chi connectivity index (χ1n) is 14.2. The SMILES string of the molecule is CCCOc1ccccc1C(=O)[C@H]1[C@H](C(=O)c2cccnc2)[C@]2(C(=O)Nc3ccccc32)[C@H]2c3ccccc3C=CN12. The summed E-state index contributed by atoms with van der Waals surface area (Å²) in [6, 6.07) is 24.3. The van der Waals surface area contributed by atoms with E-state index >= 15 is 0 Å². The molecule has 0 unspecified atom stereocenters. The normalized spacial score (nSPS) is 23.2. The molecule has 1 saturated heterocycles. The van der Waals surface area contributed by atoms with Gasteiger partial charge in [-0.3, -0.25) is 19.4 Å². The van der Waals surface area contributed by atoms with Gasteiger partial charge in [-0.1, -0.05) is 61.5 Å². The van der Waals surface area contributed by atoms with Crippen LogP contribution >= 0.6 is 0 Å². The van der Waals surface area contributed by atoms with Crippen LogP contribution in [0.25, 0.3) is 6.08 Å². The van der Waals surface area contributed by atoms with Gasteiger partial charge in [-0.15, -0.1) is 0 Å². The molecule has 4 aromatic rings. The minimum atomic E-state index is -1.38. The van der Waals surface area contributed by atoms with Crippen LogP contribution in [0.4, 0.5) is 5.69 Å². The van der Waals surface area contributed by atoms with Crippen LogP contribution in [0.5, 0.6) is 5.75 Å². The van der Waals surface area contributed by atoms with E-state index in [9.17, 15) is 14.4 Å². The van der Waals surface area contributed by atoms with Crippen LogP contribution in [0.3, 0.4) is 0 Å². The number of amides is 1. The Kier molecular flexibility index (Phi) is 6.23. The van der Waals surface area contributed by atoms with E-state index in [1.807, 2.05) is 78.7 Å².